The third-order valence-electron chi connectivity index (χ3n) is 3.52. The summed E-state index contributed by atoms with van der Waals surface area (Å²) in [5, 5.41) is 20.1. The number of aromatic hydroxyl groups is 2. The fraction of sp³-hybridized carbons (Fsp3) is 0.111. The van der Waals surface area contributed by atoms with Crippen molar-refractivity contribution in [2.45, 2.75) is 17.2 Å². The van der Waals surface area contributed by atoms with E-state index in [0.717, 1.165) is 10.6 Å². The zero-order valence-corrected chi connectivity index (χ0v) is 14.2. The van der Waals surface area contributed by atoms with Crippen LogP contribution in [0.25, 0.3) is 0 Å². The second-order valence-corrected chi connectivity index (χ2v) is 6.63. The van der Waals surface area contributed by atoms with Gasteiger partial charge in [-0.15, -0.1) is 4.73 Å². The van der Waals surface area contributed by atoms with Gasteiger partial charge in [0.15, 0.2) is 0 Å². The lowest BCUT2D eigenvalue weighted by molar-refractivity contribution is 0.0381. The van der Waals surface area contributed by atoms with Gasteiger partial charge in [-0.25, -0.2) is 9.78 Å². The maximum atomic E-state index is 12.1. The number of nitrogens with zero attached hydrogens (tertiary/aromatic N) is 2. The largest absolute Gasteiger partial charge is 0.492 e. The Hall–Kier alpha value is -2.93. The highest BCUT2D eigenvalue weighted by atomic mass is 32.2. The van der Waals surface area contributed by atoms with Gasteiger partial charge in [-0.05, 0) is 36.8 Å². The molecule has 7 heteroatoms. The van der Waals surface area contributed by atoms with Crippen LogP contribution in [0, 0.1) is 0 Å². The zero-order chi connectivity index (χ0) is 17.8. The van der Waals surface area contributed by atoms with Crippen molar-refractivity contribution in [3.8, 4) is 11.8 Å². The summed E-state index contributed by atoms with van der Waals surface area (Å²) in [4.78, 5) is 21.4. The van der Waals surface area contributed by atoms with E-state index in [4.69, 9.17) is 4.84 Å². The standard InChI is InChI=1S/C18H16N2O4S/c1-12(25-15-4-2-3-11-19-15)13-5-7-14(8-6-13)18(23)24-20-16(21)9-10-17(20)22/h2-12,21-22H,1H3. The quantitative estimate of drug-likeness (QED) is 0.682. The molecular weight excluding hydrogens is 340 g/mol. The van der Waals surface area contributed by atoms with Crippen molar-refractivity contribution in [1.29, 1.82) is 0 Å². The molecule has 0 spiro atoms. The average Bonchev–Trinajstić information content (AvgIpc) is 2.94. The number of carbonyl (C=O) groups is 1. The fourth-order valence-electron chi connectivity index (χ4n) is 2.19. The number of rotatable bonds is 5. The van der Waals surface area contributed by atoms with E-state index >= 15 is 0 Å². The molecule has 0 amide bonds. The van der Waals surface area contributed by atoms with Crippen LogP contribution in [-0.4, -0.2) is 25.9 Å². The van der Waals surface area contributed by atoms with E-state index in [2.05, 4.69) is 11.9 Å². The first kappa shape index (κ1) is 16.9. The Morgan fingerprint density at radius 1 is 1.08 bits per heavy atom. The monoisotopic (exact) mass is 356 g/mol. The predicted molar refractivity (Wildman–Crippen MR) is 93.6 cm³/mol. The molecule has 0 saturated heterocycles. The smallest absolute Gasteiger partial charge is 0.363 e. The molecule has 128 valence electrons. The molecule has 0 aliphatic heterocycles. The van der Waals surface area contributed by atoms with Gasteiger partial charge in [0.1, 0.15) is 0 Å². The van der Waals surface area contributed by atoms with Gasteiger partial charge in [-0.2, -0.15) is 0 Å². The van der Waals surface area contributed by atoms with Crippen molar-refractivity contribution in [1.82, 2.24) is 9.71 Å². The molecule has 6 nitrogen and oxygen atoms in total. The highest BCUT2D eigenvalue weighted by Gasteiger charge is 2.15. The van der Waals surface area contributed by atoms with E-state index in [1.165, 1.54) is 12.1 Å². The van der Waals surface area contributed by atoms with Crippen LogP contribution < -0.4 is 4.84 Å². The molecular formula is C18H16N2O4S. The van der Waals surface area contributed by atoms with Gasteiger partial charge < -0.3 is 15.1 Å². The number of benzene rings is 1. The van der Waals surface area contributed by atoms with E-state index in [-0.39, 0.29) is 17.0 Å². The molecule has 0 bridgehead atoms. The second-order valence-electron chi connectivity index (χ2n) is 5.27. The molecule has 3 rings (SSSR count). The summed E-state index contributed by atoms with van der Waals surface area (Å²) in [6.07, 6.45) is 1.75. The third kappa shape index (κ3) is 3.95. The lowest BCUT2D eigenvalue weighted by atomic mass is 10.1. The SMILES string of the molecule is CC(Sc1ccccn1)c1ccc(C(=O)On2c(O)ccc2O)cc1. The van der Waals surface area contributed by atoms with E-state index in [1.54, 1.807) is 30.1 Å². The van der Waals surface area contributed by atoms with Crippen LogP contribution >= 0.6 is 11.8 Å². The lowest BCUT2D eigenvalue weighted by Gasteiger charge is -2.12. The molecule has 0 aliphatic rings. The average molecular weight is 356 g/mol. The molecule has 0 fully saturated rings. The fourth-order valence-corrected chi connectivity index (χ4v) is 3.12. The number of thioether (sulfide) groups is 1. The van der Waals surface area contributed by atoms with Crippen LogP contribution in [-0.2, 0) is 0 Å². The predicted octanol–water partition coefficient (Wildman–Crippen LogP) is 3.42. The first-order chi connectivity index (χ1) is 12.0. The summed E-state index contributed by atoms with van der Waals surface area (Å²) in [5.41, 5.74) is 1.35. The second kappa shape index (κ2) is 7.31. The van der Waals surface area contributed by atoms with Crippen LogP contribution in [0.4, 0.5) is 0 Å². The summed E-state index contributed by atoms with van der Waals surface area (Å²) >= 11 is 1.62. The number of hydrogen-bond donors (Lipinski definition) is 2. The molecule has 1 aromatic carbocycles. The summed E-state index contributed by atoms with van der Waals surface area (Å²) in [6.45, 7) is 2.06. The Morgan fingerprint density at radius 2 is 1.76 bits per heavy atom. The number of pyridine rings is 1. The number of hydrogen-bond acceptors (Lipinski definition) is 6. The van der Waals surface area contributed by atoms with Crippen LogP contribution in [0.5, 0.6) is 11.8 Å². The van der Waals surface area contributed by atoms with Crippen LogP contribution in [0.3, 0.4) is 0 Å². The van der Waals surface area contributed by atoms with Crippen LogP contribution in [0.2, 0.25) is 0 Å². The molecule has 2 N–H and O–H groups in total. The number of aromatic nitrogens is 2. The Bertz CT molecular complexity index is 843. The lowest BCUT2D eigenvalue weighted by Crippen LogP contribution is -2.19. The Labute approximate surface area is 148 Å². The van der Waals surface area contributed by atoms with Crippen molar-refractivity contribution in [2.75, 3.05) is 0 Å². The maximum Gasteiger partial charge on any atom is 0.363 e. The topological polar surface area (TPSA) is 84.6 Å². The molecule has 2 heterocycles. The van der Waals surface area contributed by atoms with Crippen molar-refractivity contribution in [3.05, 3.63) is 71.9 Å². The van der Waals surface area contributed by atoms with E-state index in [1.807, 2.05) is 30.3 Å². The summed E-state index contributed by atoms with van der Waals surface area (Å²) in [5.74, 6) is -1.40. The number of carbonyl (C=O) groups excluding carboxylic acids is 1. The van der Waals surface area contributed by atoms with Gasteiger partial charge in [0.2, 0.25) is 11.8 Å². The Kier molecular flexibility index (Phi) is 4.95. The first-order valence-corrected chi connectivity index (χ1v) is 8.42. The molecule has 0 radical (unpaired) electrons. The van der Waals surface area contributed by atoms with Gasteiger partial charge in [0.05, 0.1) is 10.6 Å². The van der Waals surface area contributed by atoms with E-state index in [0.29, 0.717) is 10.3 Å². The molecule has 0 aliphatic carbocycles. The maximum absolute atomic E-state index is 12.1. The van der Waals surface area contributed by atoms with E-state index < -0.39 is 5.97 Å². The first-order valence-electron chi connectivity index (χ1n) is 7.54. The molecule has 1 atom stereocenters. The molecule has 1 unspecified atom stereocenters. The minimum atomic E-state index is -0.682. The zero-order valence-electron chi connectivity index (χ0n) is 13.4. The summed E-state index contributed by atoms with van der Waals surface area (Å²) in [7, 11) is 0. The van der Waals surface area contributed by atoms with Gasteiger partial charge in [0.25, 0.3) is 0 Å². The van der Waals surface area contributed by atoms with E-state index in [9.17, 15) is 15.0 Å². The van der Waals surface area contributed by atoms with Crippen molar-refractivity contribution in [2.24, 2.45) is 0 Å². The minimum Gasteiger partial charge on any atom is -0.492 e. The molecule has 2 aromatic heterocycles. The van der Waals surface area contributed by atoms with Crippen LogP contribution in [0.1, 0.15) is 28.1 Å². The highest BCUT2D eigenvalue weighted by molar-refractivity contribution is 7.99. The van der Waals surface area contributed by atoms with Crippen LogP contribution in [0.15, 0.2) is 65.8 Å². The minimum absolute atomic E-state index is 0.164. The Morgan fingerprint density at radius 3 is 2.36 bits per heavy atom. The molecule has 0 saturated carbocycles. The summed E-state index contributed by atoms with van der Waals surface area (Å²) < 4.78 is 0.662. The summed E-state index contributed by atoms with van der Waals surface area (Å²) in [6, 6.07) is 15.2. The highest BCUT2D eigenvalue weighted by Crippen LogP contribution is 2.33. The third-order valence-corrected chi connectivity index (χ3v) is 4.63. The molecule has 3 aromatic rings. The van der Waals surface area contributed by atoms with Crippen molar-refractivity contribution < 1.29 is 19.8 Å². The normalized spacial score (nSPS) is 11.9. The van der Waals surface area contributed by atoms with Gasteiger partial charge in [-0.1, -0.05) is 30.0 Å². The van der Waals surface area contributed by atoms with Crippen molar-refractivity contribution in [3.63, 3.8) is 0 Å². The van der Waals surface area contributed by atoms with Crippen molar-refractivity contribution >= 4 is 17.7 Å². The van der Waals surface area contributed by atoms with Gasteiger partial charge in [0, 0.05) is 23.6 Å². The molecule has 25 heavy (non-hydrogen) atoms. The van der Waals surface area contributed by atoms with Gasteiger partial charge >= 0.3 is 5.97 Å². The van der Waals surface area contributed by atoms with Gasteiger partial charge in [-0.3, -0.25) is 0 Å². The Balaban J connectivity index is 1.68.